The second-order valence-corrected chi connectivity index (χ2v) is 6.18. The van der Waals surface area contributed by atoms with Crippen LogP contribution in [0, 0.1) is 5.82 Å². The molecule has 2 rings (SSSR count). The highest BCUT2D eigenvalue weighted by Gasteiger charge is 2.21. The van der Waals surface area contributed by atoms with Crippen LogP contribution in [0.1, 0.15) is 19.8 Å². The van der Waals surface area contributed by atoms with Crippen molar-refractivity contribution in [2.45, 2.75) is 31.9 Å². The van der Waals surface area contributed by atoms with Gasteiger partial charge in [-0.1, -0.05) is 13.0 Å². The zero-order valence-corrected chi connectivity index (χ0v) is 13.6. The van der Waals surface area contributed by atoms with E-state index in [1.165, 1.54) is 6.07 Å². The van der Waals surface area contributed by atoms with E-state index in [1.807, 2.05) is 13.1 Å². The molecule has 0 amide bonds. The molecule has 0 saturated carbocycles. The van der Waals surface area contributed by atoms with E-state index in [-0.39, 0.29) is 11.9 Å². The SMILES string of the molecule is CCN(C)CC(O)CNC1CCCN(c2cccc(F)c2)C1. The third-order valence-electron chi connectivity index (χ3n) is 4.30. The summed E-state index contributed by atoms with van der Waals surface area (Å²) in [5.41, 5.74) is 0.942. The number of aliphatic hydroxyl groups excluding tert-OH is 1. The van der Waals surface area contributed by atoms with Crippen molar-refractivity contribution in [1.29, 1.82) is 0 Å². The lowest BCUT2D eigenvalue weighted by atomic mass is 10.0. The van der Waals surface area contributed by atoms with Crippen molar-refractivity contribution >= 4 is 5.69 Å². The summed E-state index contributed by atoms with van der Waals surface area (Å²) >= 11 is 0. The van der Waals surface area contributed by atoms with E-state index in [0.29, 0.717) is 19.1 Å². The second-order valence-electron chi connectivity index (χ2n) is 6.18. The fraction of sp³-hybridized carbons (Fsp3) is 0.647. The molecule has 0 radical (unpaired) electrons. The molecule has 4 nitrogen and oxygen atoms in total. The van der Waals surface area contributed by atoms with Crippen LogP contribution in [0.4, 0.5) is 10.1 Å². The molecular formula is C17H28FN3O. The van der Waals surface area contributed by atoms with Gasteiger partial charge in [0.25, 0.3) is 0 Å². The Morgan fingerprint density at radius 2 is 2.32 bits per heavy atom. The summed E-state index contributed by atoms with van der Waals surface area (Å²) in [6.07, 6.45) is 1.83. The lowest BCUT2D eigenvalue weighted by Crippen LogP contribution is -2.48. The molecule has 0 bridgehead atoms. The number of hydrogen-bond acceptors (Lipinski definition) is 4. The number of benzene rings is 1. The maximum Gasteiger partial charge on any atom is 0.125 e. The molecule has 1 aliphatic heterocycles. The Labute approximate surface area is 132 Å². The summed E-state index contributed by atoms with van der Waals surface area (Å²) in [7, 11) is 2.01. The lowest BCUT2D eigenvalue weighted by Gasteiger charge is -2.35. The van der Waals surface area contributed by atoms with Gasteiger partial charge in [0, 0.05) is 37.9 Å². The molecule has 2 atom stereocenters. The van der Waals surface area contributed by atoms with E-state index in [4.69, 9.17) is 0 Å². The smallest absolute Gasteiger partial charge is 0.125 e. The molecular weight excluding hydrogens is 281 g/mol. The minimum Gasteiger partial charge on any atom is -0.390 e. The summed E-state index contributed by atoms with van der Waals surface area (Å²) in [5.74, 6) is -0.189. The molecule has 1 saturated heterocycles. The Bertz CT molecular complexity index is 457. The minimum atomic E-state index is -0.352. The van der Waals surface area contributed by atoms with Crippen molar-refractivity contribution in [3.8, 4) is 0 Å². The van der Waals surface area contributed by atoms with Gasteiger partial charge in [-0.15, -0.1) is 0 Å². The van der Waals surface area contributed by atoms with Crippen molar-refractivity contribution in [3.63, 3.8) is 0 Å². The molecule has 1 heterocycles. The number of nitrogens with zero attached hydrogens (tertiary/aromatic N) is 2. The molecule has 1 fully saturated rings. The number of anilines is 1. The van der Waals surface area contributed by atoms with E-state index in [9.17, 15) is 9.50 Å². The average molecular weight is 309 g/mol. The summed E-state index contributed by atoms with van der Waals surface area (Å²) in [6, 6.07) is 7.12. The van der Waals surface area contributed by atoms with Crippen LogP contribution in [0.3, 0.4) is 0 Å². The number of nitrogens with one attached hydrogen (secondary N) is 1. The number of likely N-dealkylation sites (N-methyl/N-ethyl adjacent to an activating group) is 1. The average Bonchev–Trinajstić information content (AvgIpc) is 2.53. The number of hydrogen-bond donors (Lipinski definition) is 2. The normalized spacial score (nSPS) is 20.4. The van der Waals surface area contributed by atoms with Crippen molar-refractivity contribution in [2.24, 2.45) is 0 Å². The van der Waals surface area contributed by atoms with E-state index in [2.05, 4.69) is 22.0 Å². The Kier molecular flexibility index (Phi) is 6.61. The molecule has 2 unspecified atom stereocenters. The zero-order chi connectivity index (χ0) is 15.9. The molecule has 22 heavy (non-hydrogen) atoms. The largest absolute Gasteiger partial charge is 0.390 e. The highest BCUT2D eigenvalue weighted by atomic mass is 19.1. The van der Waals surface area contributed by atoms with E-state index < -0.39 is 0 Å². The van der Waals surface area contributed by atoms with Crippen LogP contribution in [0.15, 0.2) is 24.3 Å². The standard InChI is InChI=1S/C17H28FN3O/c1-3-20(2)13-17(22)11-19-15-7-5-9-21(12-15)16-8-4-6-14(18)10-16/h4,6,8,10,15,17,19,22H,3,5,7,9,11-13H2,1-2H3. The number of aliphatic hydroxyl groups is 1. The molecule has 2 N–H and O–H groups in total. The second kappa shape index (κ2) is 8.46. The van der Waals surface area contributed by atoms with Crippen LogP contribution < -0.4 is 10.2 Å². The van der Waals surface area contributed by atoms with Crippen LogP contribution in [-0.2, 0) is 0 Å². The molecule has 1 aromatic rings. The fourth-order valence-corrected chi connectivity index (χ4v) is 2.91. The highest BCUT2D eigenvalue weighted by Crippen LogP contribution is 2.20. The highest BCUT2D eigenvalue weighted by molar-refractivity contribution is 5.47. The minimum absolute atomic E-state index is 0.189. The molecule has 1 aromatic carbocycles. The van der Waals surface area contributed by atoms with Gasteiger partial charge >= 0.3 is 0 Å². The Morgan fingerprint density at radius 3 is 3.05 bits per heavy atom. The summed E-state index contributed by atoms with van der Waals surface area (Å²) in [6.45, 7) is 6.13. The molecule has 1 aliphatic rings. The van der Waals surface area contributed by atoms with Gasteiger partial charge in [0.1, 0.15) is 5.82 Å². The molecule has 0 aliphatic carbocycles. The van der Waals surface area contributed by atoms with Crippen LogP contribution in [0.5, 0.6) is 0 Å². The third-order valence-corrected chi connectivity index (χ3v) is 4.30. The molecule has 0 spiro atoms. The van der Waals surface area contributed by atoms with Gasteiger partial charge in [0.2, 0.25) is 0 Å². The van der Waals surface area contributed by atoms with Gasteiger partial charge in [-0.05, 0) is 44.6 Å². The Balaban J connectivity index is 1.81. The summed E-state index contributed by atoms with van der Waals surface area (Å²) in [4.78, 5) is 4.32. The predicted molar refractivity (Wildman–Crippen MR) is 88.8 cm³/mol. The first-order chi connectivity index (χ1) is 10.6. The quantitative estimate of drug-likeness (QED) is 0.804. The van der Waals surface area contributed by atoms with Crippen LogP contribution >= 0.6 is 0 Å². The van der Waals surface area contributed by atoms with Crippen LogP contribution in [0.2, 0.25) is 0 Å². The van der Waals surface area contributed by atoms with Crippen molar-refractivity contribution in [3.05, 3.63) is 30.1 Å². The molecule has 124 valence electrons. The fourth-order valence-electron chi connectivity index (χ4n) is 2.91. The number of halogens is 1. The Hall–Kier alpha value is -1.17. The van der Waals surface area contributed by atoms with Gasteiger partial charge in [0.05, 0.1) is 6.10 Å². The van der Waals surface area contributed by atoms with E-state index in [1.54, 1.807) is 12.1 Å². The van der Waals surface area contributed by atoms with Gasteiger partial charge in [-0.3, -0.25) is 0 Å². The van der Waals surface area contributed by atoms with Crippen molar-refractivity contribution in [2.75, 3.05) is 44.7 Å². The monoisotopic (exact) mass is 309 g/mol. The first-order valence-electron chi connectivity index (χ1n) is 8.19. The maximum absolute atomic E-state index is 13.3. The van der Waals surface area contributed by atoms with E-state index in [0.717, 1.165) is 38.2 Å². The first kappa shape index (κ1) is 17.2. The molecule has 5 heteroatoms. The van der Waals surface area contributed by atoms with Crippen molar-refractivity contribution < 1.29 is 9.50 Å². The van der Waals surface area contributed by atoms with Gasteiger partial charge in [0.15, 0.2) is 0 Å². The molecule has 0 aromatic heterocycles. The van der Waals surface area contributed by atoms with Crippen molar-refractivity contribution in [1.82, 2.24) is 10.2 Å². The van der Waals surface area contributed by atoms with Gasteiger partial charge in [-0.2, -0.15) is 0 Å². The van der Waals surface area contributed by atoms with Crippen LogP contribution in [-0.4, -0.2) is 61.9 Å². The maximum atomic E-state index is 13.3. The van der Waals surface area contributed by atoms with Crippen LogP contribution in [0.25, 0.3) is 0 Å². The predicted octanol–water partition coefficient (Wildman–Crippen LogP) is 1.70. The first-order valence-corrected chi connectivity index (χ1v) is 8.19. The summed E-state index contributed by atoms with van der Waals surface area (Å²) < 4.78 is 13.3. The zero-order valence-electron chi connectivity index (χ0n) is 13.6. The summed E-state index contributed by atoms with van der Waals surface area (Å²) in [5, 5.41) is 13.5. The van der Waals surface area contributed by atoms with Gasteiger partial charge < -0.3 is 20.2 Å². The number of piperidine rings is 1. The third kappa shape index (κ3) is 5.23. The lowest BCUT2D eigenvalue weighted by molar-refractivity contribution is 0.122. The van der Waals surface area contributed by atoms with E-state index >= 15 is 0 Å². The number of rotatable bonds is 7. The van der Waals surface area contributed by atoms with Gasteiger partial charge in [-0.25, -0.2) is 4.39 Å². The Morgan fingerprint density at radius 1 is 1.50 bits per heavy atom. The topological polar surface area (TPSA) is 38.7 Å².